The summed E-state index contributed by atoms with van der Waals surface area (Å²) in [5.41, 5.74) is 18.4. The molecule has 0 radical (unpaired) electrons. The van der Waals surface area contributed by atoms with E-state index in [9.17, 15) is 0 Å². The van der Waals surface area contributed by atoms with Gasteiger partial charge in [-0.25, -0.2) is 9.97 Å². The van der Waals surface area contributed by atoms with Crippen LogP contribution in [0.4, 0.5) is 11.5 Å². The van der Waals surface area contributed by atoms with Gasteiger partial charge in [-0.1, -0.05) is 12.8 Å². The summed E-state index contributed by atoms with van der Waals surface area (Å²) in [6.07, 6.45) is 11.5. The minimum absolute atomic E-state index is 0.0146. The maximum absolute atomic E-state index is 6.67. The second-order valence-corrected chi connectivity index (χ2v) is 10.2. The highest BCUT2D eigenvalue weighted by Gasteiger charge is 2.45. The summed E-state index contributed by atoms with van der Waals surface area (Å²) in [6, 6.07) is 4.61. The number of anilines is 2. The quantitative estimate of drug-likeness (QED) is 0.689. The third kappa shape index (κ3) is 4.06. The number of methoxy groups -OCH3 is 1. The summed E-state index contributed by atoms with van der Waals surface area (Å²) in [5, 5.41) is 0. The fraction of sp³-hybridized carbons (Fsp3) is 0.615. The number of aromatic nitrogens is 2. The zero-order chi connectivity index (χ0) is 23.0. The van der Waals surface area contributed by atoms with Crippen LogP contribution in [-0.2, 0) is 16.6 Å². The lowest BCUT2D eigenvalue weighted by atomic mass is 9.67. The molecule has 0 unspecified atom stereocenters. The Morgan fingerprint density at radius 3 is 2.61 bits per heavy atom. The number of nitrogen functional groups attached to an aromatic ring is 1. The van der Waals surface area contributed by atoms with Gasteiger partial charge >= 0.3 is 0 Å². The second kappa shape index (κ2) is 9.11. The molecule has 1 heterocycles. The lowest BCUT2D eigenvalue weighted by molar-refractivity contribution is 0.147. The summed E-state index contributed by atoms with van der Waals surface area (Å²) < 4.78 is 12.1. The molecule has 3 aliphatic rings. The third-order valence-corrected chi connectivity index (χ3v) is 8.01. The average Bonchev–Trinajstić information content (AvgIpc) is 3.27. The fourth-order valence-corrected chi connectivity index (χ4v) is 6.29. The van der Waals surface area contributed by atoms with E-state index >= 15 is 0 Å². The molecule has 3 aliphatic carbocycles. The van der Waals surface area contributed by atoms with Gasteiger partial charge in [-0.3, -0.25) is 0 Å². The average molecular weight is 452 g/mol. The van der Waals surface area contributed by atoms with Crippen molar-refractivity contribution in [2.24, 2.45) is 5.73 Å². The molecule has 178 valence electrons. The summed E-state index contributed by atoms with van der Waals surface area (Å²) in [6.45, 7) is 1.46. The molecule has 0 aliphatic heterocycles. The standard InChI is InChI=1S/C26H37N5O2/c1-31(13-14-32-2)24-20-15-26(11-3-4-12-26)22-23(29-16-30-25(22)28)19(20)9-10-21(24)33-18-7-5-17(27)6-8-18/h9-10,16-18H,3-8,11-15,27H2,1-2H3,(H2,28,29,30)/t17-,18+. The van der Waals surface area contributed by atoms with Gasteiger partial charge in [0.05, 0.1) is 24.1 Å². The first-order valence-corrected chi connectivity index (χ1v) is 12.4. The van der Waals surface area contributed by atoms with Crippen molar-refractivity contribution in [1.82, 2.24) is 9.97 Å². The zero-order valence-corrected chi connectivity index (χ0v) is 20.0. The number of nitrogens with two attached hydrogens (primary N) is 2. The van der Waals surface area contributed by atoms with E-state index < -0.39 is 0 Å². The number of hydrogen-bond donors (Lipinski definition) is 2. The lowest BCUT2D eigenvalue weighted by Gasteiger charge is -2.39. The monoisotopic (exact) mass is 451 g/mol. The molecule has 1 spiro atoms. The van der Waals surface area contributed by atoms with Gasteiger partial charge in [0.2, 0.25) is 0 Å². The van der Waals surface area contributed by atoms with Gasteiger partial charge in [-0.15, -0.1) is 0 Å². The van der Waals surface area contributed by atoms with E-state index in [0.717, 1.165) is 74.1 Å². The summed E-state index contributed by atoms with van der Waals surface area (Å²) in [4.78, 5) is 11.5. The zero-order valence-electron chi connectivity index (χ0n) is 20.0. The Bertz CT molecular complexity index is 996. The number of hydrogen-bond acceptors (Lipinski definition) is 7. The van der Waals surface area contributed by atoms with E-state index in [4.69, 9.17) is 25.9 Å². The number of ether oxygens (including phenoxy) is 2. The minimum Gasteiger partial charge on any atom is -0.488 e. The molecular weight excluding hydrogens is 414 g/mol. The van der Waals surface area contributed by atoms with Crippen molar-refractivity contribution in [1.29, 1.82) is 0 Å². The topological polar surface area (TPSA) is 99.5 Å². The molecule has 4 N–H and O–H groups in total. The minimum atomic E-state index is 0.0146. The van der Waals surface area contributed by atoms with E-state index in [2.05, 4.69) is 29.1 Å². The van der Waals surface area contributed by atoms with Gasteiger partial charge < -0.3 is 25.8 Å². The molecule has 0 saturated heterocycles. The summed E-state index contributed by atoms with van der Waals surface area (Å²) >= 11 is 0. The van der Waals surface area contributed by atoms with Crippen molar-refractivity contribution in [3.8, 4) is 17.0 Å². The van der Waals surface area contributed by atoms with Gasteiger partial charge in [0, 0.05) is 43.3 Å². The number of fused-ring (bicyclic) bond motifs is 4. The van der Waals surface area contributed by atoms with E-state index in [1.165, 1.54) is 24.1 Å². The number of rotatable bonds is 6. The van der Waals surface area contributed by atoms with E-state index in [1.54, 1.807) is 13.4 Å². The highest BCUT2D eigenvalue weighted by atomic mass is 16.5. The number of likely N-dealkylation sites (N-methyl/N-ethyl adjacent to an activating group) is 1. The van der Waals surface area contributed by atoms with Crippen LogP contribution in [0.15, 0.2) is 18.5 Å². The van der Waals surface area contributed by atoms with Crippen LogP contribution in [0.2, 0.25) is 0 Å². The molecule has 0 bridgehead atoms. The SMILES string of the molecule is COCCN(C)c1c(O[C@H]2CC[C@@H](N)CC2)ccc2c1CC1(CCCC1)c1c(N)ncnc1-2. The van der Waals surface area contributed by atoms with E-state index in [1.807, 2.05) is 0 Å². The van der Waals surface area contributed by atoms with E-state index in [0.29, 0.717) is 18.5 Å². The first-order chi connectivity index (χ1) is 16.0. The first-order valence-electron chi connectivity index (χ1n) is 12.4. The van der Waals surface area contributed by atoms with Crippen LogP contribution in [0.3, 0.4) is 0 Å². The van der Waals surface area contributed by atoms with Gasteiger partial charge in [-0.2, -0.15) is 0 Å². The Hall–Kier alpha value is -2.38. The Morgan fingerprint density at radius 1 is 1.12 bits per heavy atom. The molecule has 33 heavy (non-hydrogen) atoms. The molecule has 2 saturated carbocycles. The van der Waals surface area contributed by atoms with Crippen LogP contribution in [0.5, 0.6) is 5.75 Å². The Balaban J connectivity index is 1.61. The molecule has 2 aromatic rings. The van der Waals surface area contributed by atoms with Gasteiger partial charge in [-0.05, 0) is 62.6 Å². The van der Waals surface area contributed by atoms with Crippen molar-refractivity contribution in [2.45, 2.75) is 75.3 Å². The normalized spacial score (nSPS) is 23.2. The summed E-state index contributed by atoms with van der Waals surface area (Å²) in [5.74, 6) is 1.60. The molecule has 0 atom stereocenters. The molecule has 5 rings (SSSR count). The lowest BCUT2D eigenvalue weighted by Crippen LogP contribution is -2.34. The summed E-state index contributed by atoms with van der Waals surface area (Å²) in [7, 11) is 3.89. The van der Waals surface area contributed by atoms with Gasteiger partial charge in [0.25, 0.3) is 0 Å². The van der Waals surface area contributed by atoms with Crippen molar-refractivity contribution >= 4 is 11.5 Å². The van der Waals surface area contributed by atoms with Crippen LogP contribution >= 0.6 is 0 Å². The largest absolute Gasteiger partial charge is 0.488 e. The van der Waals surface area contributed by atoms with Crippen LogP contribution < -0.4 is 21.1 Å². The van der Waals surface area contributed by atoms with Crippen LogP contribution in [0.25, 0.3) is 11.3 Å². The smallest absolute Gasteiger partial charge is 0.143 e. The van der Waals surface area contributed by atoms with Crippen LogP contribution in [0, 0.1) is 0 Å². The van der Waals surface area contributed by atoms with Crippen molar-refractivity contribution in [3.05, 3.63) is 29.6 Å². The van der Waals surface area contributed by atoms with Crippen molar-refractivity contribution in [2.75, 3.05) is 37.9 Å². The molecule has 1 aromatic carbocycles. The number of nitrogens with zero attached hydrogens (tertiary/aromatic N) is 3. The predicted molar refractivity (Wildman–Crippen MR) is 132 cm³/mol. The molecule has 2 fully saturated rings. The molecule has 0 amide bonds. The highest BCUT2D eigenvalue weighted by molar-refractivity contribution is 5.83. The van der Waals surface area contributed by atoms with Crippen LogP contribution in [-0.4, -0.2) is 49.4 Å². The Labute approximate surface area is 196 Å². The molecule has 7 nitrogen and oxygen atoms in total. The van der Waals surface area contributed by atoms with Crippen LogP contribution in [0.1, 0.15) is 62.5 Å². The first kappa shape index (κ1) is 22.4. The third-order valence-electron chi connectivity index (χ3n) is 8.01. The molecule has 7 heteroatoms. The predicted octanol–water partition coefficient (Wildman–Crippen LogP) is 3.83. The van der Waals surface area contributed by atoms with Crippen molar-refractivity contribution < 1.29 is 9.47 Å². The molecular formula is C26H37N5O2. The maximum atomic E-state index is 6.67. The van der Waals surface area contributed by atoms with Gasteiger partial charge in [0.1, 0.15) is 17.9 Å². The highest BCUT2D eigenvalue weighted by Crippen LogP contribution is 2.55. The fourth-order valence-electron chi connectivity index (χ4n) is 6.29. The number of benzene rings is 1. The van der Waals surface area contributed by atoms with E-state index in [-0.39, 0.29) is 11.5 Å². The second-order valence-electron chi connectivity index (χ2n) is 10.2. The van der Waals surface area contributed by atoms with Gasteiger partial charge in [0.15, 0.2) is 0 Å². The maximum Gasteiger partial charge on any atom is 0.143 e. The molecule has 1 aromatic heterocycles. The Kier molecular flexibility index (Phi) is 6.18. The van der Waals surface area contributed by atoms with Crippen molar-refractivity contribution in [3.63, 3.8) is 0 Å². The Morgan fingerprint density at radius 2 is 1.88 bits per heavy atom.